The maximum atomic E-state index is 13.3. The maximum Gasteiger partial charge on any atom is 0.516 e. The van der Waals surface area contributed by atoms with Crippen LogP contribution >= 0.6 is 23.1 Å². The van der Waals surface area contributed by atoms with E-state index >= 15 is 0 Å². The molecule has 1 heterocycles. The van der Waals surface area contributed by atoms with Gasteiger partial charge in [-0.1, -0.05) is 18.2 Å². The van der Waals surface area contributed by atoms with E-state index in [4.69, 9.17) is 11.1 Å². The molecular weight excluding hydrogens is 531 g/mol. The molecule has 34 heavy (non-hydrogen) atoms. The average Bonchev–Trinajstić information content (AvgIpc) is 3.19. The van der Waals surface area contributed by atoms with Crippen LogP contribution in [-0.2, 0) is 19.9 Å². The van der Waals surface area contributed by atoms with Crippen LogP contribution in [0.3, 0.4) is 0 Å². The smallest absolute Gasteiger partial charge is 0.383 e. The summed E-state index contributed by atoms with van der Waals surface area (Å²) in [6, 6.07) is 11.1. The van der Waals surface area contributed by atoms with E-state index in [1.165, 1.54) is 52.9 Å². The van der Waals surface area contributed by atoms with Gasteiger partial charge in [0.25, 0.3) is 0 Å². The van der Waals surface area contributed by atoms with Crippen molar-refractivity contribution >= 4 is 54.5 Å². The number of alkyl halides is 3. The number of thioether (sulfide) groups is 1. The van der Waals surface area contributed by atoms with E-state index in [9.17, 15) is 30.0 Å². The van der Waals surface area contributed by atoms with E-state index in [0.29, 0.717) is 25.8 Å². The molecule has 2 aromatic carbocycles. The second-order valence-electron chi connectivity index (χ2n) is 6.99. The van der Waals surface area contributed by atoms with Gasteiger partial charge in [-0.15, -0.1) is 23.1 Å². The molecule has 0 amide bonds. The van der Waals surface area contributed by atoms with E-state index in [0.717, 1.165) is 17.4 Å². The molecule has 1 aromatic heterocycles. The molecule has 0 spiro atoms. The van der Waals surface area contributed by atoms with Crippen molar-refractivity contribution < 1.29 is 30.0 Å². The van der Waals surface area contributed by atoms with Crippen LogP contribution in [0.4, 0.5) is 18.9 Å². The minimum Gasteiger partial charge on any atom is -0.383 e. The molecule has 0 saturated heterocycles. The Morgan fingerprint density at radius 1 is 1.09 bits per heavy atom. The van der Waals surface area contributed by atoms with Crippen molar-refractivity contribution in [2.75, 3.05) is 11.0 Å². The van der Waals surface area contributed by atoms with Crippen molar-refractivity contribution in [1.29, 1.82) is 5.41 Å². The molecule has 0 fully saturated rings. The number of nitrogen functional groups attached to an aromatic ring is 1. The number of amidine groups is 1. The van der Waals surface area contributed by atoms with Gasteiger partial charge in [0, 0.05) is 5.69 Å². The van der Waals surface area contributed by atoms with Gasteiger partial charge in [-0.2, -0.15) is 21.6 Å². The number of nitrogens with one attached hydrogen (secondary N) is 2. The lowest BCUT2D eigenvalue weighted by Crippen LogP contribution is -2.29. The minimum absolute atomic E-state index is 0.0190. The van der Waals surface area contributed by atoms with Gasteiger partial charge >= 0.3 is 15.5 Å². The normalized spacial score (nSPS) is 12.5. The van der Waals surface area contributed by atoms with Gasteiger partial charge in [-0.05, 0) is 60.2 Å². The van der Waals surface area contributed by atoms with E-state index in [-0.39, 0.29) is 21.3 Å². The number of hydrogen-bond donors (Lipinski definition) is 3. The highest BCUT2D eigenvalue weighted by molar-refractivity contribution is 8.01. The fourth-order valence-corrected chi connectivity index (χ4v) is 7.50. The number of sulfonamides is 1. The third-order valence-corrected chi connectivity index (χ3v) is 10.1. The minimum atomic E-state index is -5.57. The average molecular weight is 550 g/mol. The molecule has 0 aliphatic rings. The summed E-state index contributed by atoms with van der Waals surface area (Å²) in [5, 5.41) is 7.58. The molecule has 3 rings (SSSR count). The van der Waals surface area contributed by atoms with Gasteiger partial charge in [0.1, 0.15) is 5.84 Å². The number of anilines is 1. The summed E-state index contributed by atoms with van der Waals surface area (Å²) in [6.45, 7) is 1.56. The van der Waals surface area contributed by atoms with Crippen LogP contribution in [0.1, 0.15) is 10.4 Å². The van der Waals surface area contributed by atoms with Crippen LogP contribution in [0, 0.1) is 12.3 Å². The van der Waals surface area contributed by atoms with E-state index in [2.05, 4.69) is 0 Å². The number of sulfone groups is 1. The van der Waals surface area contributed by atoms with Gasteiger partial charge in [-0.25, -0.2) is 8.42 Å². The number of aryl methyl sites for hydroxylation is 1. The summed E-state index contributed by atoms with van der Waals surface area (Å²) in [7, 11) is -9.53. The Balaban J connectivity index is 2.01. The van der Waals surface area contributed by atoms with Crippen LogP contribution in [-0.4, -0.2) is 34.4 Å². The quantitative estimate of drug-likeness (QED) is 0.220. The Morgan fingerprint density at radius 2 is 1.76 bits per heavy atom. The van der Waals surface area contributed by atoms with Crippen molar-refractivity contribution in [3.63, 3.8) is 0 Å². The SMILES string of the molecule is CSc1sc(C(=N)N)cc1S(=O)(=O)c1cccc(-c2ccc(NS(=O)(=O)C(F)(F)F)cc2C)c1. The second kappa shape index (κ2) is 9.24. The fraction of sp³-hybridized carbons (Fsp3) is 0.150. The van der Waals surface area contributed by atoms with Crippen LogP contribution in [0.5, 0.6) is 0 Å². The number of rotatable bonds is 7. The summed E-state index contributed by atoms with van der Waals surface area (Å²) in [5.41, 5.74) is 1.18. The molecule has 0 aliphatic heterocycles. The van der Waals surface area contributed by atoms with Gasteiger partial charge in [0.2, 0.25) is 9.84 Å². The zero-order valence-corrected chi connectivity index (χ0v) is 20.9. The highest BCUT2D eigenvalue weighted by atomic mass is 32.2. The number of benzene rings is 2. The molecule has 0 aliphatic carbocycles. The number of halogens is 3. The molecule has 3 aromatic rings. The van der Waals surface area contributed by atoms with Crippen molar-refractivity contribution in [3.8, 4) is 11.1 Å². The number of thiophene rings is 1. The Bertz CT molecular complexity index is 1480. The van der Waals surface area contributed by atoms with Gasteiger partial charge in [-0.3, -0.25) is 10.1 Å². The predicted molar refractivity (Wildman–Crippen MR) is 128 cm³/mol. The maximum absolute atomic E-state index is 13.3. The van der Waals surface area contributed by atoms with Crippen LogP contribution < -0.4 is 10.5 Å². The summed E-state index contributed by atoms with van der Waals surface area (Å²) in [6.07, 6.45) is 1.71. The van der Waals surface area contributed by atoms with Crippen molar-refractivity contribution in [1.82, 2.24) is 0 Å². The monoisotopic (exact) mass is 549 g/mol. The third kappa shape index (κ3) is 5.09. The molecule has 0 radical (unpaired) electrons. The number of hydrogen-bond acceptors (Lipinski definition) is 7. The third-order valence-electron chi connectivity index (χ3n) is 4.65. The van der Waals surface area contributed by atoms with E-state index in [1.807, 2.05) is 0 Å². The highest BCUT2D eigenvalue weighted by Crippen LogP contribution is 2.38. The Labute approximate surface area is 202 Å². The highest BCUT2D eigenvalue weighted by Gasteiger charge is 2.46. The molecule has 14 heteroatoms. The first-order valence-electron chi connectivity index (χ1n) is 9.25. The van der Waals surface area contributed by atoms with Gasteiger partial charge in [0.05, 0.1) is 18.9 Å². The van der Waals surface area contributed by atoms with Crippen LogP contribution in [0.15, 0.2) is 62.5 Å². The Kier molecular flexibility index (Phi) is 7.09. The zero-order chi connectivity index (χ0) is 25.5. The van der Waals surface area contributed by atoms with Gasteiger partial charge in [0.15, 0.2) is 0 Å². The summed E-state index contributed by atoms with van der Waals surface area (Å²) < 4.78 is 89.2. The van der Waals surface area contributed by atoms with Crippen molar-refractivity contribution in [2.45, 2.75) is 26.4 Å². The first-order chi connectivity index (χ1) is 15.7. The molecule has 0 unspecified atom stereocenters. The second-order valence-corrected chi connectivity index (χ2v) is 12.7. The fourth-order valence-electron chi connectivity index (χ4n) is 3.04. The molecular formula is C20H18F3N3O4S4. The van der Waals surface area contributed by atoms with E-state index < -0.39 is 25.4 Å². The Morgan fingerprint density at radius 3 is 2.32 bits per heavy atom. The molecule has 0 atom stereocenters. The largest absolute Gasteiger partial charge is 0.516 e. The summed E-state index contributed by atoms with van der Waals surface area (Å²) in [4.78, 5) is 0.335. The molecule has 0 saturated carbocycles. The summed E-state index contributed by atoms with van der Waals surface area (Å²) >= 11 is 2.31. The standard InChI is InChI=1S/C20H18F3N3O4S4/c1-11-8-13(26-34(29,30)20(21,22)23)6-7-15(11)12-4-3-5-14(9-12)33(27,28)17-10-16(18(24)25)32-19(17)31-2/h3-10,26H,1-2H3,(H3,24,25). The Hall–Kier alpha value is -2.55. The lowest BCUT2D eigenvalue weighted by Gasteiger charge is -2.13. The molecule has 7 nitrogen and oxygen atoms in total. The van der Waals surface area contributed by atoms with Gasteiger partial charge < -0.3 is 5.73 Å². The van der Waals surface area contributed by atoms with Crippen molar-refractivity contribution in [2.24, 2.45) is 5.73 Å². The lowest BCUT2D eigenvalue weighted by atomic mass is 10.0. The molecule has 182 valence electrons. The number of nitrogens with two attached hydrogens (primary N) is 1. The first-order valence-corrected chi connectivity index (χ1v) is 14.3. The topological polar surface area (TPSA) is 130 Å². The predicted octanol–water partition coefficient (Wildman–Crippen LogP) is 4.82. The van der Waals surface area contributed by atoms with Crippen LogP contribution in [0.25, 0.3) is 11.1 Å². The van der Waals surface area contributed by atoms with Crippen LogP contribution in [0.2, 0.25) is 0 Å². The van der Waals surface area contributed by atoms with E-state index in [1.54, 1.807) is 19.2 Å². The molecule has 0 bridgehead atoms. The lowest BCUT2D eigenvalue weighted by molar-refractivity contribution is -0.0429. The summed E-state index contributed by atoms with van der Waals surface area (Å²) in [5.74, 6) is -0.243. The first kappa shape index (κ1) is 26.1. The molecule has 4 N–H and O–H groups in total. The van der Waals surface area contributed by atoms with Crippen molar-refractivity contribution in [3.05, 3.63) is 59.0 Å². The zero-order valence-electron chi connectivity index (χ0n) is 17.6.